The summed E-state index contributed by atoms with van der Waals surface area (Å²) in [6.07, 6.45) is 0. The van der Waals surface area contributed by atoms with E-state index in [2.05, 4.69) is 223 Å². The van der Waals surface area contributed by atoms with Crippen LogP contribution in [0.4, 0.5) is 42.9 Å². The van der Waals surface area contributed by atoms with Crippen LogP contribution in [0.5, 0.6) is 0 Å². The molecule has 2 nitrogen and oxygen atoms in total. The van der Waals surface area contributed by atoms with Crippen LogP contribution >= 0.6 is 0 Å². The van der Waals surface area contributed by atoms with Crippen LogP contribution in [0.25, 0.3) is 76.8 Å². The predicted octanol–water partition coefficient (Wildman–Crippen LogP) is 20.9. The van der Waals surface area contributed by atoms with Gasteiger partial charge in [0.1, 0.15) is 11.6 Å². The Bertz CT molecular complexity index is 3960. The normalized spacial score (nSPS) is 11.6. The van der Waals surface area contributed by atoms with Gasteiger partial charge in [-0.1, -0.05) is 168 Å². The molecule has 0 saturated heterocycles. The summed E-state index contributed by atoms with van der Waals surface area (Å²) in [5, 5.41) is 6.12. The minimum Gasteiger partial charge on any atom is -0.307 e. The first kappa shape index (κ1) is 48.1. The van der Waals surface area contributed by atoms with Crippen LogP contribution in [0, 0.1) is 67.0 Å². The van der Waals surface area contributed by atoms with Crippen molar-refractivity contribution in [3.8, 4) is 44.5 Å². The predicted molar refractivity (Wildman–Crippen MR) is 319 cm³/mol. The van der Waals surface area contributed by atoms with Gasteiger partial charge >= 0.3 is 0 Å². The molecule has 370 valence electrons. The molecule has 0 radical (unpaired) electrons. The van der Waals surface area contributed by atoms with Gasteiger partial charge in [0.2, 0.25) is 0 Å². The van der Waals surface area contributed by atoms with E-state index in [0.29, 0.717) is 11.4 Å². The number of nitrogens with zero attached hydrogens (tertiary/aromatic N) is 2. The van der Waals surface area contributed by atoms with Crippen LogP contribution in [-0.4, -0.2) is 0 Å². The van der Waals surface area contributed by atoms with Gasteiger partial charge in [-0.15, -0.1) is 0 Å². The summed E-state index contributed by atoms with van der Waals surface area (Å²) < 4.78 is 36.2. The average Bonchev–Trinajstić information content (AvgIpc) is 3.40. The fourth-order valence-electron chi connectivity index (χ4n) is 12.0. The largest absolute Gasteiger partial charge is 0.307 e. The molecule has 0 N–H and O–H groups in total. The number of hydrogen-bond acceptors (Lipinski definition) is 2. The Morgan fingerprint density at radius 2 is 0.618 bits per heavy atom. The minimum absolute atomic E-state index is 0.326. The van der Waals surface area contributed by atoms with Crippen LogP contribution in [0.1, 0.15) is 44.5 Å². The van der Waals surface area contributed by atoms with Gasteiger partial charge in [-0.2, -0.15) is 0 Å². The van der Waals surface area contributed by atoms with Crippen molar-refractivity contribution in [2.24, 2.45) is 0 Å². The maximum Gasteiger partial charge on any atom is 0.148 e. The molecule has 12 aromatic rings. The van der Waals surface area contributed by atoms with E-state index < -0.39 is 0 Å². The van der Waals surface area contributed by atoms with Crippen molar-refractivity contribution in [2.75, 3.05) is 9.80 Å². The number of rotatable bonds is 10. The van der Waals surface area contributed by atoms with Crippen molar-refractivity contribution in [3.63, 3.8) is 0 Å². The zero-order valence-electron chi connectivity index (χ0n) is 44.3. The number of hydrogen-bond donors (Lipinski definition) is 0. The Hall–Kier alpha value is -8.86. The fraction of sp³-hybridized carbons (Fsp3) is 0.111. The average molecular weight is 989 g/mol. The molecule has 0 aliphatic heterocycles. The van der Waals surface area contributed by atoms with Gasteiger partial charge in [0.15, 0.2) is 0 Å². The van der Waals surface area contributed by atoms with E-state index in [1.54, 1.807) is 12.1 Å². The van der Waals surface area contributed by atoms with E-state index in [1.807, 2.05) is 36.4 Å². The summed E-state index contributed by atoms with van der Waals surface area (Å²) in [7, 11) is 0. The van der Waals surface area contributed by atoms with Gasteiger partial charge in [0.25, 0.3) is 0 Å². The van der Waals surface area contributed by atoms with E-state index in [4.69, 9.17) is 0 Å². The highest BCUT2D eigenvalue weighted by atomic mass is 19.1. The molecular formula is C72H58F2N2. The van der Waals surface area contributed by atoms with Crippen LogP contribution < -0.4 is 9.80 Å². The van der Waals surface area contributed by atoms with Crippen LogP contribution in [0.3, 0.4) is 0 Å². The monoisotopic (exact) mass is 988 g/mol. The molecule has 4 heteroatoms. The van der Waals surface area contributed by atoms with Crippen LogP contribution in [0.2, 0.25) is 0 Å². The Kier molecular flexibility index (Phi) is 12.1. The first-order valence-corrected chi connectivity index (χ1v) is 26.2. The second kappa shape index (κ2) is 19.1. The molecule has 0 aromatic heterocycles. The Balaban J connectivity index is 1.13. The summed E-state index contributed by atoms with van der Waals surface area (Å²) in [6, 6.07) is 71.0. The lowest BCUT2D eigenvalue weighted by Crippen LogP contribution is -2.15. The third kappa shape index (κ3) is 8.35. The minimum atomic E-state index is -0.326. The van der Waals surface area contributed by atoms with Crippen molar-refractivity contribution in [2.45, 2.75) is 55.4 Å². The Morgan fingerprint density at radius 3 is 0.961 bits per heavy atom. The number of anilines is 6. The lowest BCUT2D eigenvalue weighted by molar-refractivity contribution is 0.629. The SMILES string of the molecule is Cc1ccc(-c2cc(F)c(N(c3ccccc3)c3ccc4ccc5c(N(c6ccccc6)c6c(F)cc(-c7ccc(C)cc7C)cc6-c6ccc(C)cc6C)ccc6ccc3c4c65)c(-c3ccc(C)cc3C)c2)c(C)c1. The summed E-state index contributed by atoms with van der Waals surface area (Å²) in [5.74, 6) is -0.652. The molecule has 0 bridgehead atoms. The van der Waals surface area contributed by atoms with Crippen molar-refractivity contribution in [1.29, 1.82) is 0 Å². The second-order valence-electron chi connectivity index (χ2n) is 20.9. The Labute approximate surface area is 445 Å². The quantitative estimate of drug-likeness (QED) is 0.126. The first-order chi connectivity index (χ1) is 36.8. The molecule has 0 fully saturated rings. The van der Waals surface area contributed by atoms with Crippen LogP contribution in [0.15, 0.2) is 206 Å². The van der Waals surface area contributed by atoms with Gasteiger partial charge in [-0.3, -0.25) is 0 Å². The molecule has 0 spiro atoms. The van der Waals surface area contributed by atoms with E-state index in [9.17, 15) is 0 Å². The third-order valence-electron chi connectivity index (χ3n) is 15.4. The summed E-state index contributed by atoms with van der Waals surface area (Å²) in [5.41, 5.74) is 20.4. The molecule has 0 aliphatic rings. The number of halogens is 2. The molecule has 0 amide bonds. The first-order valence-electron chi connectivity index (χ1n) is 26.2. The maximum atomic E-state index is 18.1. The number of aryl methyl sites for hydroxylation is 8. The smallest absolute Gasteiger partial charge is 0.148 e. The molecule has 0 unspecified atom stereocenters. The third-order valence-corrected chi connectivity index (χ3v) is 15.4. The van der Waals surface area contributed by atoms with Crippen LogP contribution in [-0.2, 0) is 0 Å². The molecule has 0 aliphatic carbocycles. The van der Waals surface area contributed by atoms with Gasteiger partial charge in [-0.05, 0) is 193 Å². The zero-order chi connectivity index (χ0) is 52.5. The fourth-order valence-corrected chi connectivity index (χ4v) is 12.0. The number of benzene rings is 12. The summed E-state index contributed by atoms with van der Waals surface area (Å²) in [4.78, 5) is 4.23. The topological polar surface area (TPSA) is 6.48 Å². The van der Waals surface area contributed by atoms with Crippen molar-refractivity contribution in [3.05, 3.63) is 262 Å². The highest BCUT2D eigenvalue weighted by Crippen LogP contribution is 2.52. The second-order valence-corrected chi connectivity index (χ2v) is 20.9. The van der Waals surface area contributed by atoms with Crippen molar-refractivity contribution < 1.29 is 8.78 Å². The van der Waals surface area contributed by atoms with E-state index >= 15 is 8.78 Å². The molecule has 0 heterocycles. The van der Waals surface area contributed by atoms with Gasteiger partial charge in [0.05, 0.1) is 22.7 Å². The highest BCUT2D eigenvalue weighted by molar-refractivity contribution is 6.28. The summed E-state index contributed by atoms with van der Waals surface area (Å²) >= 11 is 0. The maximum absolute atomic E-state index is 18.1. The van der Waals surface area contributed by atoms with Gasteiger partial charge in [0, 0.05) is 33.3 Å². The summed E-state index contributed by atoms with van der Waals surface area (Å²) in [6.45, 7) is 16.8. The molecular weight excluding hydrogens is 931 g/mol. The van der Waals surface area contributed by atoms with E-state index in [1.165, 1.54) is 0 Å². The molecule has 76 heavy (non-hydrogen) atoms. The van der Waals surface area contributed by atoms with Crippen molar-refractivity contribution in [1.82, 2.24) is 0 Å². The van der Waals surface area contributed by atoms with Gasteiger partial charge < -0.3 is 9.80 Å². The standard InChI is InChI=1S/C72H58F2N2/c1-43-19-27-57(47(5)35-43)53-39-63(59-29-21-45(3)37-49(59)7)71(65(73)41-53)75(55-15-11-9-12-16-55)67-33-25-51-24-32-62-68(34-26-52-23-31-61(67)69(51)70(52)62)76(56-17-13-10-14-18-56)72-64(60-30-22-46(4)38-50(60)8)40-54(42-66(72)74)58-28-20-44(2)36-48(58)6/h9-42H,1-8H3. The highest BCUT2D eigenvalue weighted by Gasteiger charge is 2.29. The van der Waals surface area contributed by atoms with Gasteiger partial charge in [-0.25, -0.2) is 8.78 Å². The molecule has 12 aromatic carbocycles. The molecule has 0 saturated carbocycles. The zero-order valence-corrected chi connectivity index (χ0v) is 44.3. The lowest BCUT2D eigenvalue weighted by Gasteiger charge is -2.32. The lowest BCUT2D eigenvalue weighted by atomic mass is 9.89. The molecule has 0 atom stereocenters. The Morgan fingerprint density at radius 1 is 0.289 bits per heavy atom. The van der Waals surface area contributed by atoms with Crippen molar-refractivity contribution >= 4 is 66.4 Å². The number of para-hydroxylation sites is 2. The molecule has 12 rings (SSSR count). The van der Waals surface area contributed by atoms with E-state index in [-0.39, 0.29) is 11.6 Å². The van der Waals surface area contributed by atoms with E-state index in [0.717, 1.165) is 144 Å².